The molecule has 0 atom stereocenters. The lowest BCUT2D eigenvalue weighted by Crippen LogP contribution is -2.44. The summed E-state index contributed by atoms with van der Waals surface area (Å²) in [5.74, 6) is 0.416. The Morgan fingerprint density at radius 1 is 1.12 bits per heavy atom. The fourth-order valence-corrected chi connectivity index (χ4v) is 4.99. The third-order valence-electron chi connectivity index (χ3n) is 6.87. The lowest BCUT2D eigenvalue weighted by molar-refractivity contribution is -0.161. The van der Waals surface area contributed by atoms with E-state index in [4.69, 9.17) is 9.47 Å². The maximum Gasteiger partial charge on any atom is 0.313 e. The number of amides is 1. The average Bonchev–Trinajstić information content (AvgIpc) is 3.50. The van der Waals surface area contributed by atoms with Crippen molar-refractivity contribution in [3.8, 4) is 0 Å². The van der Waals surface area contributed by atoms with Crippen molar-refractivity contribution in [2.75, 3.05) is 26.3 Å². The van der Waals surface area contributed by atoms with Gasteiger partial charge in [0.05, 0.1) is 29.5 Å². The van der Waals surface area contributed by atoms with Crippen molar-refractivity contribution in [2.24, 2.45) is 12.5 Å². The number of nitrogens with zero attached hydrogens (tertiary/aromatic N) is 5. The van der Waals surface area contributed by atoms with Gasteiger partial charge in [-0.1, -0.05) is 25.0 Å². The molecule has 174 valence electrons. The molecule has 3 heterocycles. The molecule has 0 unspecified atom stereocenters. The van der Waals surface area contributed by atoms with Crippen molar-refractivity contribution in [1.29, 1.82) is 0 Å². The third-order valence-corrected chi connectivity index (χ3v) is 6.87. The zero-order valence-electron chi connectivity index (χ0n) is 18.7. The summed E-state index contributed by atoms with van der Waals surface area (Å²) >= 11 is 0. The maximum absolute atomic E-state index is 13.3. The first-order valence-corrected chi connectivity index (χ1v) is 11.3. The summed E-state index contributed by atoms with van der Waals surface area (Å²) < 4.78 is 14.2. The van der Waals surface area contributed by atoms with Gasteiger partial charge in [0, 0.05) is 26.6 Å². The second kappa shape index (κ2) is 8.58. The van der Waals surface area contributed by atoms with E-state index in [1.807, 2.05) is 12.1 Å². The second-order valence-electron chi connectivity index (χ2n) is 8.87. The Labute approximate surface area is 190 Å². The molecule has 33 heavy (non-hydrogen) atoms. The van der Waals surface area contributed by atoms with Gasteiger partial charge in [-0.2, -0.15) is 0 Å². The molecule has 5 rings (SSSR count). The Kier molecular flexibility index (Phi) is 5.61. The van der Waals surface area contributed by atoms with Crippen LogP contribution in [0.15, 0.2) is 29.1 Å². The first-order chi connectivity index (χ1) is 16.0. The summed E-state index contributed by atoms with van der Waals surface area (Å²) in [5.41, 5.74) is -0.310. The van der Waals surface area contributed by atoms with Crippen LogP contribution < -0.4 is 5.56 Å². The summed E-state index contributed by atoms with van der Waals surface area (Å²) in [4.78, 5) is 40.6. The van der Waals surface area contributed by atoms with Crippen molar-refractivity contribution in [2.45, 2.75) is 38.7 Å². The molecule has 0 bridgehead atoms. The lowest BCUT2D eigenvalue weighted by atomic mass is 9.82. The van der Waals surface area contributed by atoms with Crippen molar-refractivity contribution >= 4 is 28.6 Å². The van der Waals surface area contributed by atoms with Gasteiger partial charge in [-0.3, -0.25) is 23.4 Å². The fourth-order valence-electron chi connectivity index (χ4n) is 4.99. The number of hydrogen-bond acceptors (Lipinski definition) is 7. The molecule has 1 amide bonds. The fraction of sp³-hybridized carbons (Fsp3) is 0.522. The Bertz CT molecular complexity index is 1270. The van der Waals surface area contributed by atoms with Crippen LogP contribution in [0.4, 0.5) is 0 Å². The molecule has 1 aliphatic carbocycles. The Morgan fingerprint density at radius 3 is 2.61 bits per heavy atom. The lowest BCUT2D eigenvalue weighted by Gasteiger charge is -2.31. The minimum absolute atomic E-state index is 0.0222. The highest BCUT2D eigenvalue weighted by Crippen LogP contribution is 2.43. The SMILES string of the molecule is Cn1c(=O)c2ccccc2n2c(COC(=O)C3(CC(=O)N4CCOCC4)CCCC3)nnc12. The van der Waals surface area contributed by atoms with E-state index in [0.29, 0.717) is 61.6 Å². The molecule has 0 radical (unpaired) electrons. The summed E-state index contributed by atoms with van der Waals surface area (Å²) in [6, 6.07) is 7.20. The summed E-state index contributed by atoms with van der Waals surface area (Å²) in [7, 11) is 1.64. The number of hydrogen-bond donors (Lipinski definition) is 0. The minimum Gasteiger partial charge on any atom is -0.457 e. The van der Waals surface area contributed by atoms with Gasteiger partial charge in [-0.05, 0) is 25.0 Å². The Hall–Kier alpha value is -3.27. The number of carbonyl (C=O) groups excluding carboxylic acids is 2. The molecule has 1 aromatic carbocycles. The predicted octanol–water partition coefficient (Wildman–Crippen LogP) is 1.43. The quantitative estimate of drug-likeness (QED) is 0.538. The molecular formula is C23H27N5O5. The first kappa shape index (κ1) is 21.6. The van der Waals surface area contributed by atoms with Crippen molar-refractivity contribution in [3.05, 3.63) is 40.4 Å². The van der Waals surface area contributed by atoms with E-state index >= 15 is 0 Å². The summed E-state index contributed by atoms with van der Waals surface area (Å²) in [5, 5.41) is 8.86. The van der Waals surface area contributed by atoms with Gasteiger partial charge in [0.2, 0.25) is 11.7 Å². The second-order valence-corrected chi connectivity index (χ2v) is 8.87. The predicted molar refractivity (Wildman–Crippen MR) is 118 cm³/mol. The van der Waals surface area contributed by atoms with Gasteiger partial charge in [-0.15, -0.1) is 10.2 Å². The van der Waals surface area contributed by atoms with E-state index in [2.05, 4.69) is 10.2 Å². The van der Waals surface area contributed by atoms with Gasteiger partial charge < -0.3 is 14.4 Å². The van der Waals surface area contributed by atoms with Gasteiger partial charge in [0.25, 0.3) is 5.56 Å². The summed E-state index contributed by atoms with van der Waals surface area (Å²) in [6.07, 6.45) is 3.22. The van der Waals surface area contributed by atoms with Gasteiger partial charge >= 0.3 is 5.97 Å². The molecule has 1 aliphatic heterocycles. The van der Waals surface area contributed by atoms with E-state index in [0.717, 1.165) is 12.8 Å². The molecule has 1 saturated heterocycles. The van der Waals surface area contributed by atoms with E-state index in [1.165, 1.54) is 4.57 Å². The number of aromatic nitrogens is 4. The number of ether oxygens (including phenoxy) is 2. The average molecular weight is 453 g/mol. The van der Waals surface area contributed by atoms with Crippen LogP contribution in [0.2, 0.25) is 0 Å². The number of rotatable bonds is 5. The van der Waals surface area contributed by atoms with Crippen LogP contribution >= 0.6 is 0 Å². The van der Waals surface area contributed by atoms with Crippen LogP contribution in [-0.4, -0.2) is 62.2 Å². The van der Waals surface area contributed by atoms with Crippen molar-refractivity contribution in [3.63, 3.8) is 0 Å². The van der Waals surface area contributed by atoms with Crippen LogP contribution in [0.25, 0.3) is 16.7 Å². The zero-order chi connectivity index (χ0) is 23.0. The molecule has 3 aromatic rings. The highest BCUT2D eigenvalue weighted by Gasteiger charge is 2.45. The van der Waals surface area contributed by atoms with Gasteiger partial charge in [0.1, 0.15) is 0 Å². The smallest absolute Gasteiger partial charge is 0.313 e. The largest absolute Gasteiger partial charge is 0.457 e. The molecule has 10 heteroatoms. The number of esters is 1. The van der Waals surface area contributed by atoms with E-state index in [1.54, 1.807) is 28.5 Å². The topological polar surface area (TPSA) is 108 Å². The number of carbonyl (C=O) groups is 2. The maximum atomic E-state index is 13.3. The molecule has 0 spiro atoms. The van der Waals surface area contributed by atoms with E-state index in [-0.39, 0.29) is 30.5 Å². The normalized spacial score (nSPS) is 18.2. The Morgan fingerprint density at radius 2 is 1.85 bits per heavy atom. The van der Waals surface area contributed by atoms with E-state index < -0.39 is 5.41 Å². The van der Waals surface area contributed by atoms with Crippen molar-refractivity contribution < 1.29 is 19.1 Å². The molecule has 2 aliphatic rings. The monoisotopic (exact) mass is 453 g/mol. The third kappa shape index (κ3) is 3.78. The highest BCUT2D eigenvalue weighted by atomic mass is 16.5. The van der Waals surface area contributed by atoms with Crippen LogP contribution in [-0.2, 0) is 32.7 Å². The van der Waals surface area contributed by atoms with Crippen molar-refractivity contribution in [1.82, 2.24) is 24.1 Å². The van der Waals surface area contributed by atoms with Gasteiger partial charge in [0.15, 0.2) is 12.4 Å². The molecule has 0 N–H and O–H groups in total. The van der Waals surface area contributed by atoms with Crippen LogP contribution in [0.5, 0.6) is 0 Å². The Balaban J connectivity index is 1.39. The number of benzene rings is 1. The summed E-state index contributed by atoms with van der Waals surface area (Å²) in [6.45, 7) is 2.08. The molecular weight excluding hydrogens is 426 g/mol. The van der Waals surface area contributed by atoms with Crippen LogP contribution in [0, 0.1) is 5.41 Å². The zero-order valence-corrected chi connectivity index (χ0v) is 18.7. The number of para-hydroxylation sites is 1. The van der Waals surface area contributed by atoms with Crippen LogP contribution in [0.1, 0.15) is 37.9 Å². The number of morpholine rings is 1. The highest BCUT2D eigenvalue weighted by molar-refractivity contribution is 5.86. The molecule has 2 aromatic heterocycles. The minimum atomic E-state index is -0.801. The standard InChI is InChI=1S/C23H27N5O5/c1-26-20(30)16-6-2-3-7-17(16)28-18(24-25-22(26)28)15-33-21(31)23(8-4-5-9-23)14-19(29)27-10-12-32-13-11-27/h2-3,6-7H,4-5,8-15H2,1H3. The van der Waals surface area contributed by atoms with E-state index in [9.17, 15) is 14.4 Å². The van der Waals surface area contributed by atoms with Crippen LogP contribution in [0.3, 0.4) is 0 Å². The number of aryl methyl sites for hydroxylation is 1. The molecule has 10 nitrogen and oxygen atoms in total. The molecule has 1 saturated carbocycles. The first-order valence-electron chi connectivity index (χ1n) is 11.3. The number of fused-ring (bicyclic) bond motifs is 3. The van der Waals surface area contributed by atoms with Gasteiger partial charge in [-0.25, -0.2) is 0 Å². The molecule has 2 fully saturated rings.